The Morgan fingerprint density at radius 3 is 2.60 bits per heavy atom. The molecule has 1 aliphatic heterocycles. The van der Waals surface area contributed by atoms with Gasteiger partial charge in [0, 0.05) is 37.7 Å². The van der Waals surface area contributed by atoms with E-state index in [-0.39, 0.29) is 19.5 Å². The zero-order valence-corrected chi connectivity index (χ0v) is 16.7. The van der Waals surface area contributed by atoms with Crippen molar-refractivity contribution in [3.8, 4) is 23.0 Å². The number of halogens is 2. The van der Waals surface area contributed by atoms with Crippen LogP contribution in [0.1, 0.15) is 17.5 Å². The average molecular weight is 407 g/mol. The Labute approximate surface area is 174 Å². The van der Waals surface area contributed by atoms with Crippen molar-refractivity contribution >= 4 is 5.82 Å². The number of hydrogen-bond donors (Lipinski definition) is 2. The molecule has 2 aromatic carbocycles. The van der Waals surface area contributed by atoms with Crippen molar-refractivity contribution in [2.24, 2.45) is 5.92 Å². The Bertz CT molecular complexity index is 1050. The van der Waals surface area contributed by atoms with Crippen LogP contribution in [-0.2, 0) is 0 Å². The Hall–Kier alpha value is -3.24. The van der Waals surface area contributed by atoms with Crippen LogP contribution >= 0.6 is 0 Å². The van der Waals surface area contributed by atoms with E-state index in [0.29, 0.717) is 17.9 Å². The number of alkyl halides is 2. The molecule has 0 radical (unpaired) electrons. The van der Waals surface area contributed by atoms with Gasteiger partial charge in [0.05, 0.1) is 28.9 Å². The predicted molar refractivity (Wildman–Crippen MR) is 113 cm³/mol. The minimum Gasteiger partial charge on any atom is -0.368 e. The zero-order valence-electron chi connectivity index (χ0n) is 16.7. The Kier molecular flexibility index (Phi) is 5.51. The summed E-state index contributed by atoms with van der Waals surface area (Å²) in [5, 5.41) is 19.8. The first-order valence-electron chi connectivity index (χ1n) is 9.96. The lowest BCUT2D eigenvalue weighted by Crippen LogP contribution is -2.47. The SMILES string of the molecule is Cc1ccc(-c2cc(NC[C@@H]3CNCCC3(F)F)nn2-c2ccc(C#N)cc2)cc1. The van der Waals surface area contributed by atoms with Gasteiger partial charge in [-0.2, -0.15) is 5.26 Å². The van der Waals surface area contributed by atoms with Gasteiger partial charge in [-0.25, -0.2) is 13.5 Å². The molecular weight excluding hydrogens is 384 g/mol. The fourth-order valence-corrected chi connectivity index (χ4v) is 3.61. The molecule has 3 aromatic rings. The first-order valence-corrected chi connectivity index (χ1v) is 9.96. The molecule has 1 aliphatic rings. The van der Waals surface area contributed by atoms with Crippen LogP contribution in [0.3, 0.4) is 0 Å². The summed E-state index contributed by atoms with van der Waals surface area (Å²) in [6.07, 6.45) is -0.145. The normalized spacial score (nSPS) is 18.0. The van der Waals surface area contributed by atoms with Gasteiger partial charge in [0.15, 0.2) is 0 Å². The van der Waals surface area contributed by atoms with E-state index in [1.54, 1.807) is 16.8 Å². The van der Waals surface area contributed by atoms with Gasteiger partial charge in [-0.15, -0.1) is 5.10 Å². The van der Waals surface area contributed by atoms with E-state index in [2.05, 4.69) is 21.8 Å². The van der Waals surface area contributed by atoms with Gasteiger partial charge in [-0.1, -0.05) is 29.8 Å². The first kappa shape index (κ1) is 20.0. The van der Waals surface area contributed by atoms with Crippen LogP contribution in [0.4, 0.5) is 14.6 Å². The summed E-state index contributed by atoms with van der Waals surface area (Å²) in [7, 11) is 0. The maximum atomic E-state index is 14.2. The van der Waals surface area contributed by atoms with Crippen molar-refractivity contribution in [1.82, 2.24) is 15.1 Å². The summed E-state index contributed by atoms with van der Waals surface area (Å²) in [6.45, 7) is 2.78. The molecule has 0 bridgehead atoms. The molecule has 1 saturated heterocycles. The Balaban J connectivity index is 1.65. The van der Waals surface area contributed by atoms with Crippen molar-refractivity contribution in [3.05, 3.63) is 65.7 Å². The topological polar surface area (TPSA) is 65.7 Å². The second-order valence-electron chi connectivity index (χ2n) is 7.64. The molecule has 0 aliphatic carbocycles. The van der Waals surface area contributed by atoms with E-state index in [0.717, 1.165) is 22.5 Å². The number of piperidine rings is 1. The van der Waals surface area contributed by atoms with Crippen LogP contribution in [0, 0.1) is 24.2 Å². The van der Waals surface area contributed by atoms with Crippen molar-refractivity contribution in [2.75, 3.05) is 25.0 Å². The van der Waals surface area contributed by atoms with Crippen molar-refractivity contribution in [2.45, 2.75) is 19.3 Å². The van der Waals surface area contributed by atoms with E-state index < -0.39 is 11.8 Å². The average Bonchev–Trinajstić information content (AvgIpc) is 3.17. The van der Waals surface area contributed by atoms with E-state index in [9.17, 15) is 8.78 Å². The minimum absolute atomic E-state index is 0.137. The maximum Gasteiger partial charge on any atom is 0.255 e. The third-order valence-corrected chi connectivity index (χ3v) is 5.45. The van der Waals surface area contributed by atoms with Gasteiger partial charge in [0.1, 0.15) is 5.82 Å². The summed E-state index contributed by atoms with van der Waals surface area (Å²) in [5.41, 5.74) is 4.31. The Morgan fingerprint density at radius 2 is 1.93 bits per heavy atom. The van der Waals surface area contributed by atoms with Gasteiger partial charge in [0.2, 0.25) is 0 Å². The molecule has 2 N–H and O–H groups in total. The molecule has 1 aromatic heterocycles. The van der Waals surface area contributed by atoms with Crippen LogP contribution in [-0.4, -0.2) is 35.3 Å². The highest BCUT2D eigenvalue weighted by molar-refractivity contribution is 5.66. The number of hydrogen-bond acceptors (Lipinski definition) is 4. The predicted octanol–water partition coefficient (Wildman–Crippen LogP) is 4.38. The van der Waals surface area contributed by atoms with Gasteiger partial charge >= 0.3 is 0 Å². The number of aromatic nitrogens is 2. The fraction of sp³-hybridized carbons (Fsp3) is 0.304. The molecule has 1 fully saturated rings. The van der Waals surface area contributed by atoms with Crippen LogP contribution in [0.2, 0.25) is 0 Å². The molecule has 5 nitrogen and oxygen atoms in total. The summed E-state index contributed by atoms with van der Waals surface area (Å²) < 4.78 is 30.1. The number of aryl methyl sites for hydroxylation is 1. The quantitative estimate of drug-likeness (QED) is 0.659. The second kappa shape index (κ2) is 8.25. The molecule has 4 rings (SSSR count). The number of benzene rings is 2. The lowest BCUT2D eigenvalue weighted by molar-refractivity contribution is -0.0728. The Morgan fingerprint density at radius 1 is 1.20 bits per heavy atom. The number of nitrogens with zero attached hydrogens (tertiary/aromatic N) is 3. The summed E-state index contributed by atoms with van der Waals surface area (Å²) in [6, 6.07) is 19.2. The number of rotatable bonds is 5. The maximum absolute atomic E-state index is 14.2. The third kappa shape index (κ3) is 4.19. The lowest BCUT2D eigenvalue weighted by Gasteiger charge is -2.31. The zero-order chi connectivity index (χ0) is 21.1. The smallest absolute Gasteiger partial charge is 0.255 e. The summed E-state index contributed by atoms with van der Waals surface area (Å²) >= 11 is 0. The molecule has 30 heavy (non-hydrogen) atoms. The molecule has 2 heterocycles. The monoisotopic (exact) mass is 407 g/mol. The highest BCUT2D eigenvalue weighted by Crippen LogP contribution is 2.31. The van der Waals surface area contributed by atoms with Gasteiger partial charge < -0.3 is 10.6 Å². The first-order chi connectivity index (χ1) is 14.5. The summed E-state index contributed by atoms with van der Waals surface area (Å²) in [4.78, 5) is 0. The molecule has 0 spiro atoms. The largest absolute Gasteiger partial charge is 0.368 e. The van der Waals surface area contributed by atoms with Crippen LogP contribution < -0.4 is 10.6 Å². The van der Waals surface area contributed by atoms with Crippen molar-refractivity contribution < 1.29 is 8.78 Å². The van der Waals surface area contributed by atoms with Crippen molar-refractivity contribution in [1.29, 1.82) is 5.26 Å². The van der Waals surface area contributed by atoms with Gasteiger partial charge in [-0.05, 0) is 31.2 Å². The van der Waals surface area contributed by atoms with E-state index in [4.69, 9.17) is 5.26 Å². The number of nitriles is 1. The van der Waals surface area contributed by atoms with Crippen LogP contribution in [0.5, 0.6) is 0 Å². The van der Waals surface area contributed by atoms with Crippen LogP contribution in [0.15, 0.2) is 54.6 Å². The molecule has 0 unspecified atom stereocenters. The molecule has 154 valence electrons. The molecule has 1 atom stereocenters. The third-order valence-electron chi connectivity index (χ3n) is 5.45. The molecule has 7 heteroatoms. The van der Waals surface area contributed by atoms with Gasteiger partial charge in [-0.3, -0.25) is 0 Å². The van der Waals surface area contributed by atoms with E-state index in [1.165, 1.54) is 0 Å². The highest BCUT2D eigenvalue weighted by atomic mass is 19.3. The summed E-state index contributed by atoms with van der Waals surface area (Å²) in [5.74, 6) is -2.93. The van der Waals surface area contributed by atoms with E-state index in [1.807, 2.05) is 49.4 Å². The lowest BCUT2D eigenvalue weighted by atomic mass is 9.95. The second-order valence-corrected chi connectivity index (χ2v) is 7.64. The molecular formula is C23H23F2N5. The van der Waals surface area contributed by atoms with Crippen LogP contribution in [0.25, 0.3) is 16.9 Å². The highest BCUT2D eigenvalue weighted by Gasteiger charge is 2.41. The number of anilines is 1. The molecule has 0 saturated carbocycles. The van der Waals surface area contributed by atoms with Crippen molar-refractivity contribution in [3.63, 3.8) is 0 Å². The van der Waals surface area contributed by atoms with Gasteiger partial charge in [0.25, 0.3) is 5.92 Å². The minimum atomic E-state index is -2.69. The standard InChI is InChI=1S/C23H23F2N5/c1-16-2-6-18(7-3-16)21-12-22(28-15-19-14-27-11-10-23(19,24)25)29-30(21)20-8-4-17(13-26)5-9-20/h2-9,12,19,27H,10-11,14-15H2,1H3,(H,28,29)/t19-/m0/s1. The fourth-order valence-electron chi connectivity index (χ4n) is 3.61. The number of nitrogens with one attached hydrogen (secondary N) is 2. The van der Waals surface area contributed by atoms with E-state index >= 15 is 0 Å². The molecule has 0 amide bonds.